The van der Waals surface area contributed by atoms with E-state index in [1.54, 1.807) is 13.0 Å². The monoisotopic (exact) mass is 240 g/mol. The second kappa shape index (κ2) is 6.23. The maximum Gasteiger partial charge on any atom is 0.348 e. The van der Waals surface area contributed by atoms with E-state index in [9.17, 15) is 4.79 Å². The Bertz CT molecular complexity index is 393. The maximum absolute atomic E-state index is 11.1. The summed E-state index contributed by atoms with van der Waals surface area (Å²) in [5.41, 5.74) is 0.647. The molecule has 0 aliphatic heterocycles. The molecule has 0 aromatic heterocycles. The average Bonchev–Trinajstić information content (AvgIpc) is 2.26. The van der Waals surface area contributed by atoms with Gasteiger partial charge in [0.25, 0.3) is 0 Å². The molecule has 0 saturated carbocycles. The summed E-state index contributed by atoms with van der Waals surface area (Å²) in [5.74, 6) is -0.583. The standard InChI is InChI=1S/C11H13ClN2O2/c1-3-16-11(15)10(12)14-13-9-6-4-5-8(2)7-9/h4-7,10H,3H2,1-2H3. The van der Waals surface area contributed by atoms with Gasteiger partial charge in [0.05, 0.1) is 12.3 Å². The van der Waals surface area contributed by atoms with Gasteiger partial charge in [-0.05, 0) is 31.5 Å². The Balaban J connectivity index is 2.63. The van der Waals surface area contributed by atoms with Crippen molar-refractivity contribution in [2.24, 2.45) is 10.2 Å². The van der Waals surface area contributed by atoms with Gasteiger partial charge >= 0.3 is 5.97 Å². The third-order valence-corrected chi connectivity index (χ3v) is 2.02. The van der Waals surface area contributed by atoms with Crippen molar-refractivity contribution in [1.29, 1.82) is 0 Å². The van der Waals surface area contributed by atoms with E-state index in [2.05, 4.69) is 10.2 Å². The zero-order valence-electron chi connectivity index (χ0n) is 9.18. The number of rotatable bonds is 4. The number of ether oxygens (including phenoxy) is 1. The molecule has 1 rings (SSSR count). The summed E-state index contributed by atoms with van der Waals surface area (Å²) >= 11 is 5.66. The van der Waals surface area contributed by atoms with Crippen molar-refractivity contribution in [2.75, 3.05) is 6.61 Å². The molecule has 1 atom stereocenters. The summed E-state index contributed by atoms with van der Waals surface area (Å²) in [4.78, 5) is 11.1. The van der Waals surface area contributed by atoms with Gasteiger partial charge in [0.2, 0.25) is 5.50 Å². The van der Waals surface area contributed by atoms with Crippen LogP contribution in [0, 0.1) is 6.92 Å². The summed E-state index contributed by atoms with van der Waals surface area (Å²) in [5, 5.41) is 7.53. The Labute approximate surface area is 99.3 Å². The number of halogens is 1. The normalized spacial score (nSPS) is 12.7. The first kappa shape index (κ1) is 12.6. The molecule has 0 bridgehead atoms. The van der Waals surface area contributed by atoms with Crippen LogP contribution in [0.3, 0.4) is 0 Å². The molecule has 0 radical (unpaired) electrons. The molecule has 1 aromatic carbocycles. The van der Waals surface area contributed by atoms with Crippen LogP contribution in [0.15, 0.2) is 34.5 Å². The molecule has 5 heteroatoms. The fourth-order valence-electron chi connectivity index (χ4n) is 1.07. The highest BCUT2D eigenvalue weighted by Crippen LogP contribution is 2.15. The second-order valence-corrected chi connectivity index (χ2v) is 3.56. The minimum Gasteiger partial charge on any atom is -0.463 e. The Morgan fingerprint density at radius 1 is 1.56 bits per heavy atom. The number of hydrogen-bond acceptors (Lipinski definition) is 4. The Morgan fingerprint density at radius 3 is 2.94 bits per heavy atom. The van der Waals surface area contributed by atoms with E-state index in [4.69, 9.17) is 16.3 Å². The predicted molar refractivity (Wildman–Crippen MR) is 62.0 cm³/mol. The summed E-state index contributed by atoms with van der Waals surface area (Å²) in [6, 6.07) is 7.43. The largest absolute Gasteiger partial charge is 0.463 e. The van der Waals surface area contributed by atoms with Crippen LogP contribution in [0.25, 0.3) is 0 Å². The van der Waals surface area contributed by atoms with Crippen LogP contribution >= 0.6 is 11.6 Å². The maximum atomic E-state index is 11.1. The highest BCUT2D eigenvalue weighted by atomic mass is 35.5. The van der Waals surface area contributed by atoms with Gasteiger partial charge in [-0.3, -0.25) is 0 Å². The number of esters is 1. The molecule has 86 valence electrons. The number of carbonyl (C=O) groups excluding carboxylic acids is 1. The number of aryl methyl sites for hydroxylation is 1. The number of carbonyl (C=O) groups is 1. The summed E-state index contributed by atoms with van der Waals surface area (Å²) in [6.45, 7) is 3.93. The lowest BCUT2D eigenvalue weighted by molar-refractivity contribution is -0.142. The highest BCUT2D eigenvalue weighted by molar-refractivity contribution is 6.29. The fourth-order valence-corrected chi connectivity index (χ4v) is 1.17. The summed E-state index contributed by atoms with van der Waals surface area (Å²) in [7, 11) is 0. The lowest BCUT2D eigenvalue weighted by atomic mass is 10.2. The van der Waals surface area contributed by atoms with Crippen LogP contribution < -0.4 is 0 Å². The quantitative estimate of drug-likeness (QED) is 0.351. The molecule has 0 aliphatic carbocycles. The molecule has 1 aromatic rings. The molecular formula is C11H13ClN2O2. The van der Waals surface area contributed by atoms with Crippen molar-refractivity contribution in [3.63, 3.8) is 0 Å². The van der Waals surface area contributed by atoms with Crippen molar-refractivity contribution in [3.8, 4) is 0 Å². The van der Waals surface area contributed by atoms with E-state index in [0.717, 1.165) is 5.56 Å². The van der Waals surface area contributed by atoms with Gasteiger partial charge < -0.3 is 4.74 Å². The molecule has 0 saturated heterocycles. The average molecular weight is 241 g/mol. The van der Waals surface area contributed by atoms with E-state index >= 15 is 0 Å². The minimum atomic E-state index is -1.08. The topological polar surface area (TPSA) is 51.0 Å². The highest BCUT2D eigenvalue weighted by Gasteiger charge is 2.14. The van der Waals surface area contributed by atoms with Crippen molar-refractivity contribution in [2.45, 2.75) is 19.3 Å². The smallest absolute Gasteiger partial charge is 0.348 e. The van der Waals surface area contributed by atoms with Gasteiger partial charge in [-0.1, -0.05) is 23.7 Å². The van der Waals surface area contributed by atoms with E-state index in [1.807, 2.05) is 25.1 Å². The second-order valence-electron chi connectivity index (χ2n) is 3.14. The van der Waals surface area contributed by atoms with Crippen molar-refractivity contribution < 1.29 is 9.53 Å². The minimum absolute atomic E-state index is 0.280. The lowest BCUT2D eigenvalue weighted by Crippen LogP contribution is -2.14. The SMILES string of the molecule is CCOC(=O)C(Cl)N=Nc1cccc(C)c1. The number of benzene rings is 1. The number of azo groups is 1. The Morgan fingerprint density at radius 2 is 2.31 bits per heavy atom. The molecule has 0 aliphatic rings. The number of nitrogens with zero attached hydrogens (tertiary/aromatic N) is 2. The molecule has 0 amide bonds. The van der Waals surface area contributed by atoms with E-state index in [-0.39, 0.29) is 6.61 Å². The first-order valence-corrected chi connectivity index (χ1v) is 5.35. The summed E-state index contributed by atoms with van der Waals surface area (Å²) < 4.78 is 4.69. The van der Waals surface area contributed by atoms with Gasteiger partial charge in [-0.2, -0.15) is 10.2 Å². The Kier molecular flexibility index (Phi) is 4.92. The predicted octanol–water partition coefficient (Wildman–Crippen LogP) is 3.21. The summed E-state index contributed by atoms with van der Waals surface area (Å²) in [6.07, 6.45) is 0. The van der Waals surface area contributed by atoms with Crippen LogP contribution in [-0.2, 0) is 9.53 Å². The zero-order valence-corrected chi connectivity index (χ0v) is 9.94. The van der Waals surface area contributed by atoms with Gasteiger partial charge in [0.15, 0.2) is 0 Å². The molecule has 16 heavy (non-hydrogen) atoms. The van der Waals surface area contributed by atoms with Crippen molar-refractivity contribution >= 4 is 23.3 Å². The molecule has 0 fully saturated rings. The van der Waals surface area contributed by atoms with Gasteiger partial charge in [-0.25, -0.2) is 4.79 Å². The first-order valence-electron chi connectivity index (χ1n) is 4.91. The van der Waals surface area contributed by atoms with Crippen LogP contribution in [0.5, 0.6) is 0 Å². The number of alkyl halides is 1. The third-order valence-electron chi connectivity index (χ3n) is 1.76. The molecule has 4 nitrogen and oxygen atoms in total. The molecule has 0 heterocycles. The third kappa shape index (κ3) is 3.98. The Hall–Kier alpha value is -1.42. The van der Waals surface area contributed by atoms with Crippen molar-refractivity contribution in [1.82, 2.24) is 0 Å². The molecular weight excluding hydrogens is 228 g/mol. The zero-order chi connectivity index (χ0) is 12.0. The fraction of sp³-hybridized carbons (Fsp3) is 0.364. The van der Waals surface area contributed by atoms with E-state index < -0.39 is 11.5 Å². The van der Waals surface area contributed by atoms with E-state index in [1.165, 1.54) is 0 Å². The number of hydrogen-bond donors (Lipinski definition) is 0. The molecule has 0 N–H and O–H groups in total. The van der Waals surface area contributed by atoms with Crippen molar-refractivity contribution in [3.05, 3.63) is 29.8 Å². The van der Waals surface area contributed by atoms with Crippen LogP contribution in [0.1, 0.15) is 12.5 Å². The van der Waals surface area contributed by atoms with Crippen LogP contribution in [-0.4, -0.2) is 18.1 Å². The van der Waals surface area contributed by atoms with Crippen LogP contribution in [0.4, 0.5) is 5.69 Å². The molecule has 0 spiro atoms. The van der Waals surface area contributed by atoms with Crippen LogP contribution in [0.2, 0.25) is 0 Å². The van der Waals surface area contributed by atoms with Gasteiger partial charge in [0, 0.05) is 0 Å². The first-order chi connectivity index (χ1) is 7.63. The van der Waals surface area contributed by atoms with E-state index in [0.29, 0.717) is 5.69 Å². The van der Waals surface area contributed by atoms with Gasteiger partial charge in [0.1, 0.15) is 0 Å². The lowest BCUT2D eigenvalue weighted by Gasteiger charge is -2.02. The molecule has 1 unspecified atom stereocenters. The van der Waals surface area contributed by atoms with Gasteiger partial charge in [-0.15, -0.1) is 0 Å².